The topological polar surface area (TPSA) is 54.0 Å². The molecule has 0 bridgehead atoms. The Kier molecular flexibility index (Phi) is 2.68. The SMILES string of the molecule is CN(C[C@H]1CCCO1)c1ncnc2[nH]ccc12. The van der Waals surface area contributed by atoms with Crippen LogP contribution in [-0.2, 0) is 4.74 Å². The lowest BCUT2D eigenvalue weighted by Crippen LogP contribution is -2.29. The van der Waals surface area contributed by atoms with E-state index in [0.717, 1.165) is 36.4 Å². The van der Waals surface area contributed by atoms with Crippen molar-refractivity contribution < 1.29 is 4.74 Å². The second-order valence-electron chi connectivity index (χ2n) is 4.45. The normalized spacial score (nSPS) is 19.9. The standard InChI is InChI=1S/C12H16N4O/c1-16(7-9-3-2-6-17-9)12-10-4-5-13-11(10)14-8-15-12/h4-5,8-9H,2-3,6-7H2,1H3,(H,13,14,15)/t9-/m1/s1. The molecule has 1 saturated heterocycles. The van der Waals surface area contributed by atoms with Crippen molar-refractivity contribution in [3.8, 4) is 0 Å². The average Bonchev–Trinajstić information content (AvgIpc) is 2.97. The van der Waals surface area contributed by atoms with Crippen LogP contribution in [0.1, 0.15) is 12.8 Å². The van der Waals surface area contributed by atoms with Crippen LogP contribution in [-0.4, -0.2) is 41.3 Å². The Balaban J connectivity index is 1.84. The molecule has 1 aliphatic heterocycles. The van der Waals surface area contributed by atoms with Gasteiger partial charge in [-0.15, -0.1) is 0 Å². The highest BCUT2D eigenvalue weighted by Crippen LogP contribution is 2.22. The van der Waals surface area contributed by atoms with Crippen molar-refractivity contribution in [1.29, 1.82) is 0 Å². The number of anilines is 1. The lowest BCUT2D eigenvalue weighted by Gasteiger charge is -2.22. The number of nitrogens with zero attached hydrogens (tertiary/aromatic N) is 3. The molecule has 5 heteroatoms. The lowest BCUT2D eigenvalue weighted by molar-refractivity contribution is 0.116. The fraction of sp³-hybridized carbons (Fsp3) is 0.500. The first-order valence-electron chi connectivity index (χ1n) is 5.95. The molecule has 0 amide bonds. The highest BCUT2D eigenvalue weighted by molar-refractivity contribution is 5.87. The summed E-state index contributed by atoms with van der Waals surface area (Å²) < 4.78 is 5.65. The molecule has 0 spiro atoms. The molecule has 17 heavy (non-hydrogen) atoms. The van der Waals surface area contributed by atoms with Crippen LogP contribution in [0.3, 0.4) is 0 Å². The summed E-state index contributed by atoms with van der Waals surface area (Å²) in [6.45, 7) is 1.78. The van der Waals surface area contributed by atoms with E-state index in [1.54, 1.807) is 6.33 Å². The minimum atomic E-state index is 0.337. The molecule has 1 N–H and O–H groups in total. The van der Waals surface area contributed by atoms with Gasteiger partial charge in [0.25, 0.3) is 0 Å². The minimum Gasteiger partial charge on any atom is -0.376 e. The van der Waals surface area contributed by atoms with Crippen LogP contribution in [0.2, 0.25) is 0 Å². The molecule has 0 radical (unpaired) electrons. The van der Waals surface area contributed by atoms with E-state index in [9.17, 15) is 0 Å². The van der Waals surface area contributed by atoms with Gasteiger partial charge >= 0.3 is 0 Å². The molecule has 1 aliphatic rings. The van der Waals surface area contributed by atoms with Crippen molar-refractivity contribution in [2.75, 3.05) is 25.1 Å². The van der Waals surface area contributed by atoms with Crippen LogP contribution < -0.4 is 4.90 Å². The van der Waals surface area contributed by atoms with Crippen LogP contribution in [0.5, 0.6) is 0 Å². The maximum absolute atomic E-state index is 5.65. The minimum absolute atomic E-state index is 0.337. The second-order valence-corrected chi connectivity index (χ2v) is 4.45. The van der Waals surface area contributed by atoms with Gasteiger partial charge in [-0.2, -0.15) is 0 Å². The number of H-pyrrole nitrogens is 1. The molecule has 2 aromatic rings. The van der Waals surface area contributed by atoms with E-state index in [1.165, 1.54) is 6.42 Å². The number of fused-ring (bicyclic) bond motifs is 1. The summed E-state index contributed by atoms with van der Waals surface area (Å²) in [6.07, 6.45) is 6.14. The molecule has 0 aromatic carbocycles. The fourth-order valence-electron chi connectivity index (χ4n) is 2.34. The summed E-state index contributed by atoms with van der Waals surface area (Å²) in [5, 5.41) is 1.06. The van der Waals surface area contributed by atoms with E-state index in [2.05, 4.69) is 26.9 Å². The highest BCUT2D eigenvalue weighted by atomic mass is 16.5. The molecule has 0 aliphatic carbocycles. The third-order valence-electron chi connectivity index (χ3n) is 3.20. The smallest absolute Gasteiger partial charge is 0.142 e. The maximum atomic E-state index is 5.65. The number of likely N-dealkylation sites (N-methyl/N-ethyl adjacent to an activating group) is 1. The van der Waals surface area contributed by atoms with Gasteiger partial charge in [0.1, 0.15) is 17.8 Å². The molecule has 3 rings (SSSR count). The van der Waals surface area contributed by atoms with Gasteiger partial charge < -0.3 is 14.6 Å². The fourth-order valence-corrected chi connectivity index (χ4v) is 2.34. The predicted molar refractivity (Wildman–Crippen MR) is 66.1 cm³/mol. The van der Waals surface area contributed by atoms with Gasteiger partial charge in [-0.3, -0.25) is 0 Å². The zero-order valence-corrected chi connectivity index (χ0v) is 9.89. The number of aromatic nitrogens is 3. The van der Waals surface area contributed by atoms with E-state index in [4.69, 9.17) is 4.74 Å². The molecule has 1 fully saturated rings. The quantitative estimate of drug-likeness (QED) is 0.872. The summed E-state index contributed by atoms with van der Waals surface area (Å²) in [5.74, 6) is 0.965. The van der Waals surface area contributed by atoms with E-state index in [1.807, 2.05) is 12.3 Å². The first-order chi connectivity index (χ1) is 8.34. The van der Waals surface area contributed by atoms with E-state index >= 15 is 0 Å². The van der Waals surface area contributed by atoms with Gasteiger partial charge in [0.15, 0.2) is 0 Å². The van der Waals surface area contributed by atoms with Crippen molar-refractivity contribution >= 4 is 16.9 Å². The Morgan fingerprint density at radius 3 is 3.29 bits per heavy atom. The monoisotopic (exact) mass is 232 g/mol. The average molecular weight is 232 g/mol. The first-order valence-corrected chi connectivity index (χ1v) is 5.95. The summed E-state index contributed by atoms with van der Waals surface area (Å²) in [4.78, 5) is 13.8. The van der Waals surface area contributed by atoms with Crippen molar-refractivity contribution in [3.05, 3.63) is 18.6 Å². The molecular weight excluding hydrogens is 216 g/mol. The maximum Gasteiger partial charge on any atom is 0.142 e. The Morgan fingerprint density at radius 2 is 2.47 bits per heavy atom. The predicted octanol–water partition coefficient (Wildman–Crippen LogP) is 1.57. The molecule has 1 atom stereocenters. The number of rotatable bonds is 3. The molecule has 90 valence electrons. The van der Waals surface area contributed by atoms with Crippen molar-refractivity contribution in [2.24, 2.45) is 0 Å². The zero-order valence-electron chi connectivity index (χ0n) is 9.89. The number of aromatic amines is 1. The van der Waals surface area contributed by atoms with E-state index < -0.39 is 0 Å². The molecule has 3 heterocycles. The summed E-state index contributed by atoms with van der Waals surface area (Å²) >= 11 is 0. The van der Waals surface area contributed by atoms with Gasteiger partial charge in [-0.25, -0.2) is 9.97 Å². The Hall–Kier alpha value is -1.62. The van der Waals surface area contributed by atoms with Gasteiger partial charge in [-0.1, -0.05) is 0 Å². The third kappa shape index (κ3) is 1.98. The largest absolute Gasteiger partial charge is 0.376 e. The summed E-state index contributed by atoms with van der Waals surface area (Å²) in [7, 11) is 2.05. The molecule has 0 unspecified atom stereocenters. The van der Waals surface area contributed by atoms with Crippen molar-refractivity contribution in [2.45, 2.75) is 18.9 Å². The van der Waals surface area contributed by atoms with Crippen molar-refractivity contribution in [3.63, 3.8) is 0 Å². The second kappa shape index (κ2) is 4.33. The van der Waals surface area contributed by atoms with E-state index in [0.29, 0.717) is 6.10 Å². The Bertz CT molecular complexity index is 504. The molecular formula is C12H16N4O. The summed E-state index contributed by atoms with van der Waals surface area (Å²) in [6, 6.07) is 2.01. The van der Waals surface area contributed by atoms with Crippen LogP contribution in [0, 0.1) is 0 Å². The zero-order chi connectivity index (χ0) is 11.7. The van der Waals surface area contributed by atoms with Crippen LogP contribution in [0.4, 0.5) is 5.82 Å². The van der Waals surface area contributed by atoms with Gasteiger partial charge in [0.05, 0.1) is 11.5 Å². The van der Waals surface area contributed by atoms with Gasteiger partial charge in [0.2, 0.25) is 0 Å². The highest BCUT2D eigenvalue weighted by Gasteiger charge is 2.19. The lowest BCUT2D eigenvalue weighted by atomic mass is 10.2. The van der Waals surface area contributed by atoms with E-state index in [-0.39, 0.29) is 0 Å². The Morgan fingerprint density at radius 1 is 1.53 bits per heavy atom. The van der Waals surface area contributed by atoms with Crippen molar-refractivity contribution in [1.82, 2.24) is 15.0 Å². The molecule has 2 aromatic heterocycles. The first kappa shape index (κ1) is 10.5. The van der Waals surface area contributed by atoms with Gasteiger partial charge in [0, 0.05) is 26.4 Å². The Labute approximate surface area is 99.8 Å². The number of hydrogen-bond acceptors (Lipinski definition) is 4. The van der Waals surface area contributed by atoms with Crippen LogP contribution >= 0.6 is 0 Å². The number of hydrogen-bond donors (Lipinski definition) is 1. The number of ether oxygens (including phenoxy) is 1. The summed E-state index contributed by atoms with van der Waals surface area (Å²) in [5.41, 5.74) is 0.884. The van der Waals surface area contributed by atoms with Gasteiger partial charge in [-0.05, 0) is 18.9 Å². The number of nitrogens with one attached hydrogen (secondary N) is 1. The molecule has 5 nitrogen and oxygen atoms in total. The third-order valence-corrected chi connectivity index (χ3v) is 3.20. The van der Waals surface area contributed by atoms with Crippen LogP contribution in [0.15, 0.2) is 18.6 Å². The molecule has 0 saturated carbocycles. The van der Waals surface area contributed by atoms with Crippen LogP contribution in [0.25, 0.3) is 11.0 Å².